The summed E-state index contributed by atoms with van der Waals surface area (Å²) in [6.45, 7) is 5.77. The molecule has 1 saturated heterocycles. The summed E-state index contributed by atoms with van der Waals surface area (Å²) in [5.74, 6) is 0.449. The molecule has 2 amide bonds. The van der Waals surface area contributed by atoms with Gasteiger partial charge in [0.1, 0.15) is 5.52 Å². The van der Waals surface area contributed by atoms with Crippen LogP contribution in [0.3, 0.4) is 0 Å². The number of carbonyl (C=O) groups excluding carboxylic acids is 1. The smallest absolute Gasteiger partial charge is 0.318 e. The maximum atomic E-state index is 11.3. The van der Waals surface area contributed by atoms with Crippen LogP contribution in [0.1, 0.15) is 12.8 Å². The number of pyridine rings is 1. The van der Waals surface area contributed by atoms with E-state index in [4.69, 9.17) is 17.3 Å². The van der Waals surface area contributed by atoms with Crippen LogP contribution in [0.2, 0.25) is 5.02 Å². The summed E-state index contributed by atoms with van der Waals surface area (Å²) in [6, 6.07) is 11.1. The number of amides is 2. The first-order valence-corrected chi connectivity index (χ1v) is 10.6. The van der Waals surface area contributed by atoms with Gasteiger partial charge in [0.15, 0.2) is 5.65 Å². The highest BCUT2D eigenvalue weighted by Gasteiger charge is 2.18. The van der Waals surface area contributed by atoms with Gasteiger partial charge in [-0.15, -0.1) is 0 Å². The number of nitrogens with zero attached hydrogens (tertiary/aromatic N) is 5. The Morgan fingerprint density at radius 2 is 1.83 bits per heavy atom. The van der Waals surface area contributed by atoms with Crippen LogP contribution in [-0.2, 0) is 6.54 Å². The largest absolute Gasteiger partial charge is 0.368 e. The van der Waals surface area contributed by atoms with Gasteiger partial charge in [0.05, 0.1) is 10.7 Å². The number of carbonyl (C=O) groups is 1. The molecule has 1 aliphatic rings. The third-order valence-corrected chi connectivity index (χ3v) is 5.73. The number of urea groups is 1. The molecule has 0 atom stereocenters. The molecule has 3 aromatic rings. The van der Waals surface area contributed by atoms with Gasteiger partial charge in [-0.1, -0.05) is 23.7 Å². The number of benzene rings is 1. The van der Waals surface area contributed by atoms with E-state index in [2.05, 4.69) is 31.2 Å². The van der Waals surface area contributed by atoms with Crippen LogP contribution >= 0.6 is 11.6 Å². The molecule has 2 aromatic heterocycles. The summed E-state index contributed by atoms with van der Waals surface area (Å²) in [4.78, 5) is 25.0. The molecule has 0 spiro atoms. The van der Waals surface area contributed by atoms with Gasteiger partial charge in [0.25, 0.3) is 0 Å². The Labute approximate surface area is 180 Å². The molecule has 0 bridgehead atoms. The van der Waals surface area contributed by atoms with Gasteiger partial charge in [0, 0.05) is 38.9 Å². The molecule has 4 rings (SSSR count). The van der Waals surface area contributed by atoms with Crippen molar-refractivity contribution < 1.29 is 4.79 Å². The van der Waals surface area contributed by atoms with Crippen LogP contribution in [0.4, 0.5) is 16.4 Å². The standard InChI is InChI=1S/C21H26ClN7O/c22-16-6-1-2-8-18(16)28-14-12-27(13-15-28)10-3-4-11-29-19-17(7-5-9-24-19)25-21(29)26-20(23)30/h1-2,5-9H,3-4,10-15H2,(H3,23,25,26,30). The first kappa shape index (κ1) is 20.4. The van der Waals surface area contributed by atoms with Crippen LogP contribution in [0.5, 0.6) is 0 Å². The van der Waals surface area contributed by atoms with E-state index < -0.39 is 6.03 Å². The number of rotatable bonds is 7. The van der Waals surface area contributed by atoms with E-state index in [9.17, 15) is 4.79 Å². The van der Waals surface area contributed by atoms with Crippen LogP contribution in [0.15, 0.2) is 42.6 Å². The zero-order valence-corrected chi connectivity index (χ0v) is 17.6. The summed E-state index contributed by atoms with van der Waals surface area (Å²) in [5, 5.41) is 3.41. The fourth-order valence-electron chi connectivity index (χ4n) is 3.90. The topological polar surface area (TPSA) is 92.3 Å². The van der Waals surface area contributed by atoms with Gasteiger partial charge < -0.3 is 10.6 Å². The highest BCUT2D eigenvalue weighted by Crippen LogP contribution is 2.26. The number of anilines is 2. The number of hydrogen-bond donors (Lipinski definition) is 2. The average molecular weight is 428 g/mol. The van der Waals surface area contributed by atoms with Crippen LogP contribution < -0.4 is 16.0 Å². The van der Waals surface area contributed by atoms with Gasteiger partial charge in [0.2, 0.25) is 5.95 Å². The third kappa shape index (κ3) is 4.66. The normalized spacial score (nSPS) is 14.9. The lowest BCUT2D eigenvalue weighted by Gasteiger charge is -2.36. The zero-order valence-electron chi connectivity index (χ0n) is 16.8. The summed E-state index contributed by atoms with van der Waals surface area (Å²) < 4.78 is 1.93. The number of para-hydroxylation sites is 1. The number of nitrogens with one attached hydrogen (secondary N) is 1. The van der Waals surface area contributed by atoms with Crippen molar-refractivity contribution in [3.05, 3.63) is 47.6 Å². The Bertz CT molecular complexity index is 1010. The lowest BCUT2D eigenvalue weighted by molar-refractivity contribution is 0.251. The summed E-state index contributed by atoms with van der Waals surface area (Å²) in [7, 11) is 0. The predicted molar refractivity (Wildman–Crippen MR) is 120 cm³/mol. The van der Waals surface area contributed by atoms with E-state index in [0.29, 0.717) is 5.95 Å². The van der Waals surface area contributed by atoms with Gasteiger partial charge in [-0.3, -0.25) is 14.8 Å². The van der Waals surface area contributed by atoms with Crippen LogP contribution in [0, 0.1) is 0 Å². The van der Waals surface area contributed by atoms with Crippen molar-refractivity contribution in [2.24, 2.45) is 5.73 Å². The fourth-order valence-corrected chi connectivity index (χ4v) is 4.16. The van der Waals surface area contributed by atoms with E-state index in [0.717, 1.165) is 74.0 Å². The van der Waals surface area contributed by atoms with Crippen molar-refractivity contribution in [3.8, 4) is 0 Å². The number of piperazine rings is 1. The second kappa shape index (κ2) is 9.32. The molecule has 1 fully saturated rings. The predicted octanol–water partition coefficient (Wildman–Crippen LogP) is 3.18. The second-order valence-corrected chi connectivity index (χ2v) is 7.82. The number of unbranched alkanes of at least 4 members (excludes halogenated alkanes) is 1. The number of aromatic nitrogens is 3. The van der Waals surface area contributed by atoms with Crippen molar-refractivity contribution in [1.82, 2.24) is 19.4 Å². The van der Waals surface area contributed by atoms with E-state index in [-0.39, 0.29) is 0 Å². The van der Waals surface area contributed by atoms with Crippen LogP contribution in [-0.4, -0.2) is 58.2 Å². The highest BCUT2D eigenvalue weighted by molar-refractivity contribution is 6.33. The molecular weight excluding hydrogens is 402 g/mol. The van der Waals surface area contributed by atoms with E-state index in [1.54, 1.807) is 6.20 Å². The molecule has 1 aromatic carbocycles. The molecule has 1 aliphatic heterocycles. The van der Waals surface area contributed by atoms with E-state index >= 15 is 0 Å². The number of primary amides is 1. The lowest BCUT2D eigenvalue weighted by atomic mass is 10.2. The Morgan fingerprint density at radius 1 is 1.07 bits per heavy atom. The van der Waals surface area contributed by atoms with Gasteiger partial charge in [-0.25, -0.2) is 14.8 Å². The molecule has 0 saturated carbocycles. The fraction of sp³-hybridized carbons (Fsp3) is 0.381. The molecule has 158 valence electrons. The molecule has 8 nitrogen and oxygen atoms in total. The molecular formula is C21H26ClN7O. The molecule has 3 N–H and O–H groups in total. The summed E-state index contributed by atoms with van der Waals surface area (Å²) in [5.41, 5.74) is 7.91. The van der Waals surface area contributed by atoms with E-state index in [1.807, 2.05) is 34.9 Å². The Kier molecular flexibility index (Phi) is 6.35. The van der Waals surface area contributed by atoms with Crippen molar-refractivity contribution in [1.29, 1.82) is 0 Å². The number of fused-ring (bicyclic) bond motifs is 1. The van der Waals surface area contributed by atoms with Crippen molar-refractivity contribution in [3.63, 3.8) is 0 Å². The summed E-state index contributed by atoms with van der Waals surface area (Å²) in [6.07, 6.45) is 3.74. The maximum absolute atomic E-state index is 11.3. The Balaban J connectivity index is 1.28. The van der Waals surface area contributed by atoms with Crippen molar-refractivity contribution in [2.45, 2.75) is 19.4 Å². The second-order valence-electron chi connectivity index (χ2n) is 7.41. The number of imidazole rings is 1. The molecule has 3 heterocycles. The van der Waals surface area contributed by atoms with E-state index in [1.165, 1.54) is 0 Å². The first-order chi connectivity index (χ1) is 14.6. The minimum atomic E-state index is -0.622. The third-order valence-electron chi connectivity index (χ3n) is 5.41. The SMILES string of the molecule is NC(=O)Nc1nc2cccnc2n1CCCCN1CCN(c2ccccc2Cl)CC1. The molecule has 0 aliphatic carbocycles. The average Bonchev–Trinajstić information content (AvgIpc) is 3.08. The maximum Gasteiger partial charge on any atom is 0.318 e. The first-order valence-electron chi connectivity index (χ1n) is 10.2. The molecule has 9 heteroatoms. The number of hydrogen-bond acceptors (Lipinski definition) is 5. The summed E-state index contributed by atoms with van der Waals surface area (Å²) >= 11 is 6.33. The van der Waals surface area contributed by atoms with Crippen LogP contribution in [0.25, 0.3) is 11.2 Å². The van der Waals surface area contributed by atoms with Gasteiger partial charge >= 0.3 is 6.03 Å². The van der Waals surface area contributed by atoms with Gasteiger partial charge in [-0.05, 0) is 43.7 Å². The highest BCUT2D eigenvalue weighted by atomic mass is 35.5. The number of halogens is 1. The number of aryl methyl sites for hydroxylation is 1. The monoisotopic (exact) mass is 427 g/mol. The minimum Gasteiger partial charge on any atom is -0.368 e. The lowest BCUT2D eigenvalue weighted by Crippen LogP contribution is -2.46. The quantitative estimate of drug-likeness (QED) is 0.565. The van der Waals surface area contributed by atoms with Crippen molar-refractivity contribution >= 4 is 40.4 Å². The molecule has 30 heavy (non-hydrogen) atoms. The number of nitrogens with two attached hydrogens (primary N) is 1. The Hall–Kier alpha value is -2.84. The Morgan fingerprint density at radius 3 is 2.60 bits per heavy atom. The molecule has 0 unspecified atom stereocenters. The zero-order chi connectivity index (χ0) is 20.9. The minimum absolute atomic E-state index is 0.449. The molecule has 0 radical (unpaired) electrons. The van der Waals surface area contributed by atoms with Gasteiger partial charge in [-0.2, -0.15) is 0 Å². The van der Waals surface area contributed by atoms with Crippen molar-refractivity contribution in [2.75, 3.05) is 42.9 Å².